The van der Waals surface area contributed by atoms with E-state index < -0.39 is 5.97 Å². The SMILES string of the molecule is C#CCOC(=O)c1ccccn1. The summed E-state index contributed by atoms with van der Waals surface area (Å²) in [4.78, 5) is 14.8. The van der Waals surface area contributed by atoms with Crippen LogP contribution in [0.2, 0.25) is 0 Å². The lowest BCUT2D eigenvalue weighted by Gasteiger charge is -1.97. The van der Waals surface area contributed by atoms with Crippen molar-refractivity contribution in [1.29, 1.82) is 0 Å². The van der Waals surface area contributed by atoms with Crippen molar-refractivity contribution in [1.82, 2.24) is 4.98 Å². The number of esters is 1. The first kappa shape index (κ1) is 8.28. The number of pyridine rings is 1. The van der Waals surface area contributed by atoms with E-state index in [1.807, 2.05) is 0 Å². The van der Waals surface area contributed by atoms with Crippen molar-refractivity contribution >= 4 is 5.97 Å². The molecule has 0 bridgehead atoms. The van der Waals surface area contributed by atoms with Gasteiger partial charge in [0.05, 0.1) is 0 Å². The largest absolute Gasteiger partial charge is 0.448 e. The third-order valence-corrected chi connectivity index (χ3v) is 1.16. The first-order valence-electron chi connectivity index (χ1n) is 3.36. The molecular formula is C9H7NO2. The maximum Gasteiger partial charge on any atom is 0.357 e. The molecule has 0 aromatic carbocycles. The summed E-state index contributed by atoms with van der Waals surface area (Å²) in [6.45, 7) is -0.0184. The highest BCUT2D eigenvalue weighted by molar-refractivity contribution is 5.87. The third kappa shape index (κ3) is 2.10. The molecule has 1 aromatic rings. The molecule has 1 aromatic heterocycles. The van der Waals surface area contributed by atoms with Crippen molar-refractivity contribution in [3.8, 4) is 12.3 Å². The molecule has 0 N–H and O–H groups in total. The molecule has 0 saturated heterocycles. The molecule has 0 fully saturated rings. The highest BCUT2D eigenvalue weighted by Gasteiger charge is 2.05. The summed E-state index contributed by atoms with van der Waals surface area (Å²) in [7, 11) is 0. The van der Waals surface area contributed by atoms with Gasteiger partial charge >= 0.3 is 5.97 Å². The van der Waals surface area contributed by atoms with Crippen molar-refractivity contribution in [2.75, 3.05) is 6.61 Å². The molecule has 0 unspecified atom stereocenters. The quantitative estimate of drug-likeness (QED) is 0.477. The first-order valence-corrected chi connectivity index (χ1v) is 3.36. The van der Waals surface area contributed by atoms with Gasteiger partial charge in [0, 0.05) is 6.20 Å². The average Bonchev–Trinajstić information content (AvgIpc) is 2.15. The molecular weight excluding hydrogens is 154 g/mol. The summed E-state index contributed by atoms with van der Waals surface area (Å²) in [5.74, 6) is 1.71. The molecule has 0 spiro atoms. The molecule has 0 radical (unpaired) electrons. The number of carbonyl (C=O) groups excluding carboxylic acids is 1. The van der Waals surface area contributed by atoms with E-state index in [1.165, 1.54) is 6.20 Å². The Hall–Kier alpha value is -1.82. The van der Waals surface area contributed by atoms with Gasteiger partial charge in [-0.15, -0.1) is 6.42 Å². The summed E-state index contributed by atoms with van der Waals surface area (Å²) in [6.07, 6.45) is 6.43. The van der Waals surface area contributed by atoms with Crippen molar-refractivity contribution in [2.24, 2.45) is 0 Å². The molecule has 0 atom stereocenters. The molecule has 12 heavy (non-hydrogen) atoms. The van der Waals surface area contributed by atoms with Crippen LogP contribution < -0.4 is 0 Å². The highest BCUT2D eigenvalue weighted by Crippen LogP contribution is 1.95. The standard InChI is InChI=1S/C9H7NO2/c1-2-7-12-9(11)8-5-3-4-6-10-8/h1,3-6H,7H2. The molecule has 0 aliphatic heterocycles. The van der Waals surface area contributed by atoms with Crippen molar-refractivity contribution in [3.05, 3.63) is 30.1 Å². The Bertz CT molecular complexity index is 300. The van der Waals surface area contributed by atoms with E-state index in [1.54, 1.807) is 18.2 Å². The topological polar surface area (TPSA) is 39.2 Å². The van der Waals surface area contributed by atoms with Crippen molar-refractivity contribution in [2.45, 2.75) is 0 Å². The molecule has 0 aliphatic carbocycles. The van der Waals surface area contributed by atoms with Gasteiger partial charge < -0.3 is 4.74 Å². The van der Waals surface area contributed by atoms with Crippen LogP contribution >= 0.6 is 0 Å². The molecule has 0 saturated carbocycles. The fraction of sp³-hybridized carbons (Fsp3) is 0.111. The molecule has 1 heterocycles. The van der Waals surface area contributed by atoms with E-state index in [4.69, 9.17) is 6.42 Å². The second-order valence-electron chi connectivity index (χ2n) is 2.00. The van der Waals surface area contributed by atoms with Gasteiger partial charge in [0.1, 0.15) is 5.69 Å². The minimum Gasteiger partial charge on any atom is -0.448 e. The van der Waals surface area contributed by atoms with Gasteiger partial charge in [0.15, 0.2) is 6.61 Å². The van der Waals surface area contributed by atoms with Crippen LogP contribution in [0.25, 0.3) is 0 Å². The summed E-state index contributed by atoms with van der Waals surface area (Å²) in [5.41, 5.74) is 0.271. The number of hydrogen-bond acceptors (Lipinski definition) is 3. The highest BCUT2D eigenvalue weighted by atomic mass is 16.5. The number of aromatic nitrogens is 1. The number of carbonyl (C=O) groups is 1. The Labute approximate surface area is 70.4 Å². The van der Waals surface area contributed by atoms with E-state index in [9.17, 15) is 4.79 Å². The Kier molecular flexibility index (Phi) is 2.86. The first-order chi connectivity index (χ1) is 5.84. The van der Waals surface area contributed by atoms with Crippen LogP contribution in [0.4, 0.5) is 0 Å². The maximum absolute atomic E-state index is 11.0. The zero-order chi connectivity index (χ0) is 8.81. The number of rotatable bonds is 2. The van der Waals surface area contributed by atoms with Gasteiger partial charge in [-0.2, -0.15) is 0 Å². The lowest BCUT2D eigenvalue weighted by Crippen LogP contribution is -2.06. The van der Waals surface area contributed by atoms with Crippen LogP contribution in [0.1, 0.15) is 10.5 Å². The van der Waals surface area contributed by atoms with Crippen LogP contribution in [0.3, 0.4) is 0 Å². The Morgan fingerprint density at radius 1 is 1.67 bits per heavy atom. The van der Waals surface area contributed by atoms with Gasteiger partial charge in [-0.05, 0) is 12.1 Å². The summed E-state index contributed by atoms with van der Waals surface area (Å²) >= 11 is 0. The maximum atomic E-state index is 11.0. The molecule has 60 valence electrons. The normalized spacial score (nSPS) is 8.58. The number of hydrogen-bond donors (Lipinski definition) is 0. The lowest BCUT2D eigenvalue weighted by molar-refractivity contribution is 0.0550. The second-order valence-corrected chi connectivity index (χ2v) is 2.00. The monoisotopic (exact) mass is 161 g/mol. The fourth-order valence-corrected chi connectivity index (χ4v) is 0.665. The van der Waals surface area contributed by atoms with Crippen LogP contribution in [-0.4, -0.2) is 17.6 Å². The molecule has 1 rings (SSSR count). The van der Waals surface area contributed by atoms with E-state index >= 15 is 0 Å². The van der Waals surface area contributed by atoms with Crippen molar-refractivity contribution in [3.63, 3.8) is 0 Å². The number of nitrogens with zero attached hydrogens (tertiary/aromatic N) is 1. The van der Waals surface area contributed by atoms with Crippen molar-refractivity contribution < 1.29 is 9.53 Å². The Morgan fingerprint density at radius 3 is 3.08 bits per heavy atom. The van der Waals surface area contributed by atoms with Gasteiger partial charge in [-0.3, -0.25) is 0 Å². The molecule has 3 heteroatoms. The predicted molar refractivity (Wildman–Crippen MR) is 43.4 cm³/mol. The number of terminal acetylenes is 1. The van der Waals surface area contributed by atoms with Gasteiger partial charge in [0.2, 0.25) is 0 Å². The van der Waals surface area contributed by atoms with E-state index in [0.29, 0.717) is 0 Å². The molecule has 3 nitrogen and oxygen atoms in total. The summed E-state index contributed by atoms with van der Waals surface area (Å²) in [6, 6.07) is 5.00. The average molecular weight is 161 g/mol. The van der Waals surface area contributed by atoms with Crippen LogP contribution in [0, 0.1) is 12.3 Å². The van der Waals surface area contributed by atoms with Crippen LogP contribution in [0.5, 0.6) is 0 Å². The smallest absolute Gasteiger partial charge is 0.357 e. The van der Waals surface area contributed by atoms with Gasteiger partial charge in [-0.1, -0.05) is 12.0 Å². The van der Waals surface area contributed by atoms with E-state index in [0.717, 1.165) is 0 Å². The predicted octanol–water partition coefficient (Wildman–Crippen LogP) is 0.872. The lowest BCUT2D eigenvalue weighted by atomic mass is 10.4. The Morgan fingerprint density at radius 2 is 2.50 bits per heavy atom. The second kappa shape index (κ2) is 4.14. The van der Waals surface area contributed by atoms with Gasteiger partial charge in [0.25, 0.3) is 0 Å². The summed E-state index contributed by atoms with van der Waals surface area (Å²) < 4.78 is 4.64. The zero-order valence-electron chi connectivity index (χ0n) is 6.36. The minimum absolute atomic E-state index is 0.0184. The van der Waals surface area contributed by atoms with Crippen LogP contribution in [0.15, 0.2) is 24.4 Å². The summed E-state index contributed by atoms with van der Waals surface area (Å²) in [5, 5.41) is 0. The zero-order valence-corrected chi connectivity index (χ0v) is 6.36. The van der Waals surface area contributed by atoms with Gasteiger partial charge in [-0.25, -0.2) is 9.78 Å². The van der Waals surface area contributed by atoms with Crippen LogP contribution in [-0.2, 0) is 4.74 Å². The van der Waals surface area contributed by atoms with E-state index in [-0.39, 0.29) is 12.3 Å². The third-order valence-electron chi connectivity index (χ3n) is 1.16. The fourth-order valence-electron chi connectivity index (χ4n) is 0.665. The Balaban J connectivity index is 2.61. The molecule has 0 amide bonds. The number of ether oxygens (including phenoxy) is 1. The van der Waals surface area contributed by atoms with E-state index in [2.05, 4.69) is 15.6 Å². The molecule has 0 aliphatic rings. The minimum atomic E-state index is -0.492.